The second kappa shape index (κ2) is 8.36. The lowest BCUT2D eigenvalue weighted by atomic mass is 10.1. The number of piperazine rings is 1. The van der Waals surface area contributed by atoms with Crippen molar-refractivity contribution < 1.29 is 9.18 Å². The smallest absolute Gasteiger partial charge is 0.244 e. The molecule has 154 valence electrons. The summed E-state index contributed by atoms with van der Waals surface area (Å²) in [5, 5.41) is 3.38. The Balaban J connectivity index is 1.37. The van der Waals surface area contributed by atoms with Gasteiger partial charge in [0.25, 0.3) is 0 Å². The molecule has 2 aliphatic heterocycles. The van der Waals surface area contributed by atoms with Gasteiger partial charge in [-0.1, -0.05) is 18.2 Å². The van der Waals surface area contributed by atoms with Gasteiger partial charge >= 0.3 is 0 Å². The number of anilines is 2. The largest absolute Gasteiger partial charge is 0.367 e. The molecular formula is C21H27FN6O. The van der Waals surface area contributed by atoms with Gasteiger partial charge in [-0.05, 0) is 49.2 Å². The molecule has 4 N–H and O–H groups in total. The zero-order valence-electron chi connectivity index (χ0n) is 16.7. The fraction of sp³-hybridized carbons (Fsp3) is 0.381. The first kappa shape index (κ1) is 19.6. The van der Waals surface area contributed by atoms with E-state index < -0.39 is 6.04 Å². The van der Waals surface area contributed by atoms with Crippen LogP contribution >= 0.6 is 0 Å². The predicted octanol–water partition coefficient (Wildman–Crippen LogP) is 1.51. The maximum atomic E-state index is 14.0. The Hall–Kier alpha value is -2.68. The van der Waals surface area contributed by atoms with Crippen molar-refractivity contribution in [3.8, 4) is 0 Å². The Morgan fingerprint density at radius 1 is 1.03 bits per heavy atom. The lowest BCUT2D eigenvalue weighted by Crippen LogP contribution is -2.57. The van der Waals surface area contributed by atoms with Crippen molar-refractivity contribution >= 4 is 17.3 Å². The lowest BCUT2D eigenvalue weighted by Gasteiger charge is -2.37. The van der Waals surface area contributed by atoms with Crippen molar-refractivity contribution in [2.24, 2.45) is 0 Å². The van der Waals surface area contributed by atoms with Crippen LogP contribution in [0.15, 0.2) is 42.5 Å². The number of benzene rings is 2. The molecule has 0 aromatic heterocycles. The number of halogens is 1. The monoisotopic (exact) mass is 398 g/mol. The van der Waals surface area contributed by atoms with Gasteiger partial charge in [0.2, 0.25) is 5.91 Å². The molecule has 2 aromatic carbocycles. The average molecular weight is 398 g/mol. The van der Waals surface area contributed by atoms with Crippen molar-refractivity contribution in [1.82, 2.24) is 21.3 Å². The predicted molar refractivity (Wildman–Crippen MR) is 112 cm³/mol. The van der Waals surface area contributed by atoms with E-state index in [1.54, 1.807) is 12.1 Å². The molecule has 2 atom stereocenters. The highest BCUT2D eigenvalue weighted by Crippen LogP contribution is 2.21. The maximum Gasteiger partial charge on any atom is 0.244 e. The second-order valence-corrected chi connectivity index (χ2v) is 7.58. The molecule has 7 nitrogen and oxygen atoms in total. The summed E-state index contributed by atoms with van der Waals surface area (Å²) >= 11 is 0. The average Bonchev–Trinajstić information content (AvgIpc) is 3.19. The maximum absolute atomic E-state index is 14.0. The van der Waals surface area contributed by atoms with Crippen LogP contribution in [0.4, 0.5) is 15.8 Å². The standard InChI is InChI=1S/C21H27FN6O/c1-14-7-8-16(13-15(14)2)23-20-19(24-26-25-20)21(29)28-11-9-27(10-12-28)18-6-4-3-5-17(18)22/h3-8,13,19-20,23-26H,9-12H2,1-2H3. The van der Waals surface area contributed by atoms with Crippen LogP contribution in [0, 0.1) is 19.7 Å². The minimum atomic E-state index is -0.448. The van der Waals surface area contributed by atoms with E-state index in [9.17, 15) is 9.18 Å². The molecule has 0 radical (unpaired) electrons. The number of hydrogen-bond donors (Lipinski definition) is 4. The van der Waals surface area contributed by atoms with Gasteiger partial charge in [0, 0.05) is 31.9 Å². The van der Waals surface area contributed by atoms with Crippen molar-refractivity contribution in [3.63, 3.8) is 0 Å². The van der Waals surface area contributed by atoms with Gasteiger partial charge < -0.3 is 15.1 Å². The van der Waals surface area contributed by atoms with Crippen LogP contribution in [-0.2, 0) is 4.79 Å². The summed E-state index contributed by atoms with van der Waals surface area (Å²) in [6.07, 6.45) is -0.283. The van der Waals surface area contributed by atoms with Crippen molar-refractivity contribution in [2.45, 2.75) is 26.1 Å². The summed E-state index contributed by atoms with van der Waals surface area (Å²) in [6.45, 7) is 6.47. The Morgan fingerprint density at radius 3 is 2.52 bits per heavy atom. The molecule has 1 amide bonds. The van der Waals surface area contributed by atoms with Gasteiger partial charge in [-0.25, -0.2) is 15.2 Å². The minimum absolute atomic E-state index is 0.0111. The Kier molecular flexibility index (Phi) is 5.66. The molecule has 29 heavy (non-hydrogen) atoms. The van der Waals surface area contributed by atoms with E-state index in [1.165, 1.54) is 17.2 Å². The van der Waals surface area contributed by atoms with Crippen LogP contribution in [-0.4, -0.2) is 49.2 Å². The van der Waals surface area contributed by atoms with Gasteiger partial charge in [0.15, 0.2) is 0 Å². The summed E-state index contributed by atoms with van der Waals surface area (Å²) in [5.41, 5.74) is 12.9. The van der Waals surface area contributed by atoms with Gasteiger partial charge in [0.05, 0.1) is 5.69 Å². The fourth-order valence-electron chi connectivity index (χ4n) is 3.77. The number of carbonyl (C=O) groups is 1. The van der Waals surface area contributed by atoms with E-state index in [2.05, 4.69) is 47.7 Å². The molecule has 0 aliphatic carbocycles. The summed E-state index contributed by atoms with van der Waals surface area (Å²) in [7, 11) is 0. The number of aryl methyl sites for hydroxylation is 2. The minimum Gasteiger partial charge on any atom is -0.367 e. The molecule has 0 bridgehead atoms. The molecule has 2 heterocycles. The van der Waals surface area contributed by atoms with E-state index in [4.69, 9.17) is 0 Å². The highest BCUT2D eigenvalue weighted by Gasteiger charge is 2.36. The van der Waals surface area contributed by atoms with E-state index in [0.717, 1.165) is 5.69 Å². The zero-order chi connectivity index (χ0) is 20.4. The number of carbonyl (C=O) groups excluding carboxylic acids is 1. The van der Waals surface area contributed by atoms with Crippen molar-refractivity contribution in [1.29, 1.82) is 0 Å². The van der Waals surface area contributed by atoms with Crippen LogP contribution in [0.1, 0.15) is 11.1 Å². The quantitative estimate of drug-likeness (QED) is 0.626. The van der Waals surface area contributed by atoms with E-state index in [0.29, 0.717) is 31.9 Å². The first-order valence-corrected chi connectivity index (χ1v) is 9.91. The van der Waals surface area contributed by atoms with E-state index in [1.807, 2.05) is 21.9 Å². The molecule has 2 fully saturated rings. The zero-order valence-corrected chi connectivity index (χ0v) is 16.7. The SMILES string of the molecule is Cc1ccc(NC2NNNC2C(=O)N2CCN(c3ccccc3F)CC2)cc1C. The van der Waals surface area contributed by atoms with Crippen LogP contribution in [0.3, 0.4) is 0 Å². The molecular weight excluding hydrogens is 371 g/mol. The fourth-order valence-corrected chi connectivity index (χ4v) is 3.77. The normalized spacial score (nSPS) is 22.0. The van der Waals surface area contributed by atoms with Crippen LogP contribution in [0.5, 0.6) is 0 Å². The Labute approximate surface area is 170 Å². The topological polar surface area (TPSA) is 71.7 Å². The number of para-hydroxylation sites is 1. The van der Waals surface area contributed by atoms with Crippen LogP contribution < -0.4 is 26.6 Å². The van der Waals surface area contributed by atoms with Gasteiger partial charge in [-0.3, -0.25) is 4.79 Å². The lowest BCUT2D eigenvalue weighted by molar-refractivity contribution is -0.133. The summed E-state index contributed by atoms with van der Waals surface area (Å²) in [5.74, 6) is -0.215. The number of amides is 1. The summed E-state index contributed by atoms with van der Waals surface area (Å²) < 4.78 is 14.0. The molecule has 2 aliphatic rings. The van der Waals surface area contributed by atoms with E-state index in [-0.39, 0.29) is 17.9 Å². The molecule has 0 saturated carbocycles. The number of hydrogen-bond acceptors (Lipinski definition) is 6. The van der Waals surface area contributed by atoms with Gasteiger partial charge in [-0.2, -0.15) is 5.53 Å². The van der Waals surface area contributed by atoms with Gasteiger partial charge in [-0.15, -0.1) is 0 Å². The second-order valence-electron chi connectivity index (χ2n) is 7.58. The third kappa shape index (κ3) is 4.19. The number of hydrazine groups is 2. The molecule has 2 aromatic rings. The molecule has 2 unspecified atom stereocenters. The molecule has 0 spiro atoms. The highest BCUT2D eigenvalue weighted by molar-refractivity contribution is 5.83. The number of rotatable bonds is 4. The van der Waals surface area contributed by atoms with Crippen molar-refractivity contribution in [2.75, 3.05) is 36.4 Å². The molecule has 4 rings (SSSR count). The van der Waals surface area contributed by atoms with Crippen LogP contribution in [0.2, 0.25) is 0 Å². The first-order chi connectivity index (χ1) is 14.0. The highest BCUT2D eigenvalue weighted by atomic mass is 19.1. The molecule has 8 heteroatoms. The number of nitrogens with one attached hydrogen (secondary N) is 4. The summed E-state index contributed by atoms with van der Waals surface area (Å²) in [6, 6.07) is 12.5. The van der Waals surface area contributed by atoms with Crippen LogP contribution in [0.25, 0.3) is 0 Å². The third-order valence-corrected chi connectivity index (χ3v) is 5.67. The van der Waals surface area contributed by atoms with E-state index >= 15 is 0 Å². The first-order valence-electron chi connectivity index (χ1n) is 9.91. The Bertz CT molecular complexity index is 883. The van der Waals surface area contributed by atoms with Crippen molar-refractivity contribution in [3.05, 3.63) is 59.4 Å². The Morgan fingerprint density at radius 2 is 1.79 bits per heavy atom. The molecule has 2 saturated heterocycles. The summed E-state index contributed by atoms with van der Waals surface area (Å²) in [4.78, 5) is 16.9. The number of nitrogens with zero attached hydrogens (tertiary/aromatic N) is 2. The van der Waals surface area contributed by atoms with Gasteiger partial charge in [0.1, 0.15) is 18.0 Å². The third-order valence-electron chi connectivity index (χ3n) is 5.67.